The molecule has 0 spiro atoms. The number of aromatic nitrogens is 2. The molecule has 0 aliphatic rings. The molecule has 1 heterocycles. The van der Waals surface area contributed by atoms with Gasteiger partial charge in [-0.15, -0.1) is 10.2 Å². The van der Waals surface area contributed by atoms with E-state index in [0.29, 0.717) is 24.1 Å². The first-order valence-corrected chi connectivity index (χ1v) is 7.34. The minimum atomic E-state index is -0.162. The summed E-state index contributed by atoms with van der Waals surface area (Å²) in [6, 6.07) is 9.71. The summed E-state index contributed by atoms with van der Waals surface area (Å²) in [5.41, 5.74) is 2.00. The Morgan fingerprint density at radius 2 is 2.14 bits per heavy atom. The van der Waals surface area contributed by atoms with Crippen molar-refractivity contribution >= 4 is 17.7 Å². The number of nitrogens with one attached hydrogen (secondary N) is 1. The summed E-state index contributed by atoms with van der Waals surface area (Å²) < 4.78 is 5.49. The number of aryl methyl sites for hydroxylation is 1. The maximum Gasteiger partial charge on any atom is 0.277 e. The Bertz CT molecular complexity index is 646. The topological polar surface area (TPSA) is 91.8 Å². The van der Waals surface area contributed by atoms with E-state index in [1.54, 1.807) is 0 Å². The van der Waals surface area contributed by atoms with E-state index in [4.69, 9.17) is 9.68 Å². The molecule has 6 nitrogen and oxygen atoms in total. The van der Waals surface area contributed by atoms with Crippen LogP contribution < -0.4 is 5.32 Å². The van der Waals surface area contributed by atoms with Crippen LogP contribution in [0, 0.1) is 18.3 Å². The normalized spacial score (nSPS) is 10.1. The molecule has 0 radical (unpaired) electrons. The lowest BCUT2D eigenvalue weighted by molar-refractivity contribution is -0.118. The van der Waals surface area contributed by atoms with Gasteiger partial charge in [0.2, 0.25) is 11.8 Å². The van der Waals surface area contributed by atoms with Crippen molar-refractivity contribution in [3.63, 3.8) is 0 Å². The number of amides is 1. The molecule has 7 heteroatoms. The third kappa shape index (κ3) is 4.61. The second-order valence-corrected chi connectivity index (χ2v) is 5.21. The van der Waals surface area contributed by atoms with Gasteiger partial charge in [-0.1, -0.05) is 29.5 Å². The van der Waals surface area contributed by atoms with Crippen LogP contribution in [-0.4, -0.2) is 28.4 Å². The van der Waals surface area contributed by atoms with E-state index in [-0.39, 0.29) is 11.7 Å². The molecule has 0 aliphatic heterocycles. The Balaban J connectivity index is 1.87. The van der Waals surface area contributed by atoms with Crippen LogP contribution in [0.3, 0.4) is 0 Å². The highest BCUT2D eigenvalue weighted by molar-refractivity contribution is 7.99. The number of nitrogens with zero attached hydrogens (tertiary/aromatic N) is 3. The summed E-state index contributed by atoms with van der Waals surface area (Å²) in [6.07, 6.45) is 0.300. The van der Waals surface area contributed by atoms with Crippen molar-refractivity contribution in [2.75, 3.05) is 12.3 Å². The molecule has 1 aromatic heterocycles. The third-order valence-corrected chi connectivity index (χ3v) is 3.41. The number of carbonyl (C=O) groups is 1. The van der Waals surface area contributed by atoms with Gasteiger partial charge in [-0.25, -0.2) is 0 Å². The molecule has 0 saturated carbocycles. The van der Waals surface area contributed by atoms with E-state index in [9.17, 15) is 4.79 Å². The summed E-state index contributed by atoms with van der Waals surface area (Å²) in [5, 5.41) is 19.2. The fraction of sp³-hybridized carbons (Fsp3) is 0.286. The van der Waals surface area contributed by atoms with Crippen molar-refractivity contribution in [1.82, 2.24) is 15.5 Å². The molecule has 0 bridgehead atoms. The van der Waals surface area contributed by atoms with Gasteiger partial charge in [0.15, 0.2) is 0 Å². The molecule has 0 unspecified atom stereocenters. The van der Waals surface area contributed by atoms with Crippen LogP contribution in [0.4, 0.5) is 0 Å². The summed E-state index contributed by atoms with van der Waals surface area (Å²) >= 11 is 1.17. The molecule has 1 aromatic carbocycles. The van der Waals surface area contributed by atoms with Gasteiger partial charge in [-0.05, 0) is 19.1 Å². The van der Waals surface area contributed by atoms with Crippen LogP contribution in [0.15, 0.2) is 33.9 Å². The Morgan fingerprint density at radius 3 is 2.86 bits per heavy atom. The monoisotopic (exact) mass is 302 g/mol. The zero-order valence-electron chi connectivity index (χ0n) is 11.5. The number of nitriles is 1. The molecule has 2 aromatic rings. The SMILES string of the molecule is Cc1ccc(-c2nnc(SCC(=O)NCCC#N)o2)cc1. The van der Waals surface area contributed by atoms with Crippen LogP contribution in [-0.2, 0) is 4.79 Å². The molecule has 1 amide bonds. The number of hydrogen-bond donors (Lipinski definition) is 1. The Kier molecular flexibility index (Phi) is 5.35. The number of hydrogen-bond acceptors (Lipinski definition) is 6. The van der Waals surface area contributed by atoms with Crippen molar-refractivity contribution in [2.45, 2.75) is 18.6 Å². The standard InChI is InChI=1S/C14H14N4O2S/c1-10-3-5-11(6-4-10)13-17-18-14(20-13)21-9-12(19)16-8-2-7-15/h3-6H,2,8-9H2,1H3,(H,16,19). The van der Waals surface area contributed by atoms with Gasteiger partial charge in [-0.2, -0.15) is 5.26 Å². The Morgan fingerprint density at radius 1 is 1.38 bits per heavy atom. The Hall–Kier alpha value is -2.33. The van der Waals surface area contributed by atoms with Gasteiger partial charge < -0.3 is 9.73 Å². The first-order chi connectivity index (χ1) is 10.2. The van der Waals surface area contributed by atoms with Crippen LogP contribution in [0.2, 0.25) is 0 Å². The van der Waals surface area contributed by atoms with E-state index in [2.05, 4.69) is 15.5 Å². The second kappa shape index (κ2) is 7.45. The van der Waals surface area contributed by atoms with E-state index in [1.165, 1.54) is 11.8 Å². The van der Waals surface area contributed by atoms with Gasteiger partial charge in [0.05, 0.1) is 18.2 Å². The van der Waals surface area contributed by atoms with E-state index >= 15 is 0 Å². The Labute approximate surface area is 126 Å². The molecule has 2 rings (SSSR count). The van der Waals surface area contributed by atoms with E-state index < -0.39 is 0 Å². The predicted octanol–water partition coefficient (Wildman–Crippen LogP) is 2.17. The zero-order chi connectivity index (χ0) is 15.1. The maximum absolute atomic E-state index is 11.5. The summed E-state index contributed by atoms with van der Waals surface area (Å²) in [4.78, 5) is 11.5. The summed E-state index contributed by atoms with van der Waals surface area (Å²) in [6.45, 7) is 2.36. The average Bonchev–Trinajstić information content (AvgIpc) is 2.95. The highest BCUT2D eigenvalue weighted by atomic mass is 32.2. The first kappa shape index (κ1) is 15.1. The lowest BCUT2D eigenvalue weighted by Crippen LogP contribution is -2.25. The van der Waals surface area contributed by atoms with Crippen molar-refractivity contribution < 1.29 is 9.21 Å². The van der Waals surface area contributed by atoms with Crippen molar-refractivity contribution in [1.29, 1.82) is 5.26 Å². The van der Waals surface area contributed by atoms with Crippen molar-refractivity contribution in [3.05, 3.63) is 29.8 Å². The lowest BCUT2D eigenvalue weighted by Gasteiger charge is -1.99. The summed E-state index contributed by atoms with van der Waals surface area (Å²) in [5.74, 6) is 0.453. The number of carbonyl (C=O) groups excluding carboxylic acids is 1. The van der Waals surface area contributed by atoms with Gasteiger partial charge in [-0.3, -0.25) is 4.79 Å². The molecule has 21 heavy (non-hydrogen) atoms. The average molecular weight is 302 g/mol. The highest BCUT2D eigenvalue weighted by Gasteiger charge is 2.10. The molecular formula is C14H14N4O2S. The predicted molar refractivity (Wildman–Crippen MR) is 78.4 cm³/mol. The minimum absolute atomic E-state index is 0.162. The van der Waals surface area contributed by atoms with Gasteiger partial charge in [0.1, 0.15) is 0 Å². The van der Waals surface area contributed by atoms with Crippen molar-refractivity contribution in [2.24, 2.45) is 0 Å². The van der Waals surface area contributed by atoms with Gasteiger partial charge in [0.25, 0.3) is 5.22 Å². The minimum Gasteiger partial charge on any atom is -0.411 e. The highest BCUT2D eigenvalue weighted by Crippen LogP contribution is 2.23. The molecule has 108 valence electrons. The fourth-order valence-electron chi connectivity index (χ4n) is 1.52. The van der Waals surface area contributed by atoms with Gasteiger partial charge >= 0.3 is 0 Å². The second-order valence-electron chi connectivity index (χ2n) is 4.29. The van der Waals surface area contributed by atoms with Crippen LogP contribution in [0.25, 0.3) is 11.5 Å². The van der Waals surface area contributed by atoms with E-state index in [0.717, 1.165) is 11.1 Å². The lowest BCUT2D eigenvalue weighted by atomic mass is 10.1. The van der Waals surface area contributed by atoms with E-state index in [1.807, 2.05) is 37.3 Å². The summed E-state index contributed by atoms with van der Waals surface area (Å²) in [7, 11) is 0. The number of benzene rings is 1. The molecule has 0 atom stereocenters. The number of thioether (sulfide) groups is 1. The largest absolute Gasteiger partial charge is 0.411 e. The molecule has 1 N–H and O–H groups in total. The molecule has 0 fully saturated rings. The fourth-order valence-corrected chi connectivity index (χ4v) is 2.11. The van der Waals surface area contributed by atoms with Gasteiger partial charge in [0, 0.05) is 12.1 Å². The zero-order valence-corrected chi connectivity index (χ0v) is 12.3. The smallest absolute Gasteiger partial charge is 0.277 e. The molecular weight excluding hydrogens is 288 g/mol. The maximum atomic E-state index is 11.5. The van der Waals surface area contributed by atoms with Crippen LogP contribution >= 0.6 is 11.8 Å². The van der Waals surface area contributed by atoms with Crippen molar-refractivity contribution in [3.8, 4) is 17.5 Å². The first-order valence-electron chi connectivity index (χ1n) is 6.36. The quantitative estimate of drug-likeness (QED) is 0.649. The molecule has 0 saturated heterocycles. The van der Waals surface area contributed by atoms with Crippen LogP contribution in [0.5, 0.6) is 0 Å². The number of rotatable bonds is 6. The molecule has 0 aliphatic carbocycles. The van der Waals surface area contributed by atoms with Crippen LogP contribution in [0.1, 0.15) is 12.0 Å². The third-order valence-electron chi connectivity index (χ3n) is 2.59.